The van der Waals surface area contributed by atoms with Crippen LogP contribution in [0.15, 0.2) is 0 Å². The SMILES string of the molecule is O[C@H]1CCC[C@@H]1NC1CCN([C@H]2CC[C@@H](COCC3CC3)CC2)CC1. The van der Waals surface area contributed by atoms with Crippen LogP contribution in [0.5, 0.6) is 0 Å². The van der Waals surface area contributed by atoms with Gasteiger partial charge in [0, 0.05) is 31.3 Å². The van der Waals surface area contributed by atoms with Crippen molar-refractivity contribution in [1.29, 1.82) is 0 Å². The summed E-state index contributed by atoms with van der Waals surface area (Å²) >= 11 is 0. The lowest BCUT2D eigenvalue weighted by Gasteiger charge is -2.41. The van der Waals surface area contributed by atoms with Gasteiger partial charge in [0.05, 0.1) is 6.10 Å². The fourth-order valence-corrected chi connectivity index (χ4v) is 5.23. The van der Waals surface area contributed by atoms with Gasteiger partial charge in [-0.05, 0) is 95.6 Å². The third-order valence-corrected chi connectivity index (χ3v) is 7.20. The molecule has 0 aromatic rings. The lowest BCUT2D eigenvalue weighted by molar-refractivity contribution is 0.0496. The van der Waals surface area contributed by atoms with Gasteiger partial charge in [-0.2, -0.15) is 0 Å². The van der Waals surface area contributed by atoms with Crippen molar-refractivity contribution < 1.29 is 9.84 Å². The van der Waals surface area contributed by atoms with Crippen molar-refractivity contribution in [1.82, 2.24) is 10.2 Å². The Labute approximate surface area is 153 Å². The Kier molecular flexibility index (Phi) is 6.33. The van der Waals surface area contributed by atoms with E-state index in [1.165, 1.54) is 70.9 Å². The highest BCUT2D eigenvalue weighted by atomic mass is 16.5. The van der Waals surface area contributed by atoms with Crippen molar-refractivity contribution in [3.05, 3.63) is 0 Å². The molecule has 0 unspecified atom stereocenters. The molecule has 2 atom stereocenters. The molecule has 0 radical (unpaired) electrons. The zero-order valence-corrected chi connectivity index (χ0v) is 15.9. The molecule has 4 rings (SSSR count). The van der Waals surface area contributed by atoms with Crippen LogP contribution in [-0.4, -0.2) is 60.5 Å². The molecule has 3 aliphatic carbocycles. The summed E-state index contributed by atoms with van der Waals surface area (Å²) < 4.78 is 5.92. The minimum absolute atomic E-state index is 0.101. The van der Waals surface area contributed by atoms with Crippen LogP contribution in [-0.2, 0) is 4.74 Å². The van der Waals surface area contributed by atoms with Crippen molar-refractivity contribution >= 4 is 0 Å². The van der Waals surface area contributed by atoms with E-state index in [4.69, 9.17) is 4.74 Å². The van der Waals surface area contributed by atoms with Gasteiger partial charge in [0.1, 0.15) is 0 Å². The summed E-state index contributed by atoms with van der Waals surface area (Å²) in [6.45, 7) is 4.52. The lowest BCUT2D eigenvalue weighted by atomic mass is 9.85. The van der Waals surface area contributed by atoms with Crippen LogP contribution in [0.4, 0.5) is 0 Å². The number of hydrogen-bond donors (Lipinski definition) is 2. The van der Waals surface area contributed by atoms with Gasteiger partial charge < -0.3 is 20.1 Å². The van der Waals surface area contributed by atoms with Crippen molar-refractivity contribution in [2.45, 2.75) is 94.9 Å². The van der Waals surface area contributed by atoms with Crippen LogP contribution < -0.4 is 5.32 Å². The Bertz CT molecular complexity index is 399. The van der Waals surface area contributed by atoms with Gasteiger partial charge in [-0.3, -0.25) is 0 Å². The zero-order valence-electron chi connectivity index (χ0n) is 15.9. The summed E-state index contributed by atoms with van der Waals surface area (Å²) in [5.41, 5.74) is 0. The van der Waals surface area contributed by atoms with Crippen LogP contribution in [0.2, 0.25) is 0 Å². The standard InChI is InChI=1S/C21H38N2O2/c24-21-3-1-2-20(21)22-18-10-12-23(13-11-18)19-8-6-17(7-9-19)15-25-14-16-4-5-16/h16-22,24H,1-15H2/t17-,19+,20-,21-/m0/s1. The predicted molar refractivity (Wildman–Crippen MR) is 101 cm³/mol. The Balaban J connectivity index is 1.11. The van der Waals surface area contributed by atoms with Crippen molar-refractivity contribution in [2.24, 2.45) is 11.8 Å². The number of nitrogens with zero attached hydrogens (tertiary/aromatic N) is 1. The molecule has 0 bridgehead atoms. The van der Waals surface area contributed by atoms with E-state index >= 15 is 0 Å². The quantitative estimate of drug-likeness (QED) is 0.741. The van der Waals surface area contributed by atoms with E-state index in [0.29, 0.717) is 12.1 Å². The Hall–Kier alpha value is -0.160. The molecule has 0 aromatic carbocycles. The number of piperidine rings is 1. The summed E-state index contributed by atoms with van der Waals surface area (Å²) in [4.78, 5) is 2.75. The van der Waals surface area contributed by atoms with Gasteiger partial charge in [-0.1, -0.05) is 0 Å². The fourth-order valence-electron chi connectivity index (χ4n) is 5.23. The molecule has 2 N–H and O–H groups in total. The van der Waals surface area contributed by atoms with Crippen molar-refractivity contribution in [3.63, 3.8) is 0 Å². The maximum absolute atomic E-state index is 10.0. The molecule has 4 nitrogen and oxygen atoms in total. The summed E-state index contributed by atoms with van der Waals surface area (Å²) in [7, 11) is 0. The Morgan fingerprint density at radius 1 is 0.800 bits per heavy atom. The van der Waals surface area contributed by atoms with E-state index in [2.05, 4.69) is 10.2 Å². The molecule has 1 heterocycles. The predicted octanol–water partition coefficient (Wildman–Crippen LogP) is 2.94. The number of hydrogen-bond acceptors (Lipinski definition) is 4. The van der Waals surface area contributed by atoms with E-state index in [9.17, 15) is 5.11 Å². The van der Waals surface area contributed by atoms with Gasteiger partial charge >= 0.3 is 0 Å². The third-order valence-electron chi connectivity index (χ3n) is 7.20. The molecule has 25 heavy (non-hydrogen) atoms. The summed E-state index contributed by atoms with van der Waals surface area (Å²) in [5.74, 6) is 1.72. The average Bonchev–Trinajstić information content (AvgIpc) is 3.38. The van der Waals surface area contributed by atoms with E-state index in [1.807, 2.05) is 0 Å². The molecule has 4 aliphatic rings. The van der Waals surface area contributed by atoms with E-state index < -0.39 is 0 Å². The first kappa shape index (κ1) is 18.2. The van der Waals surface area contributed by atoms with Gasteiger partial charge in [0.25, 0.3) is 0 Å². The second kappa shape index (κ2) is 8.69. The average molecular weight is 351 g/mol. The van der Waals surface area contributed by atoms with Crippen LogP contribution in [0, 0.1) is 11.8 Å². The largest absolute Gasteiger partial charge is 0.392 e. The molecule has 1 saturated heterocycles. The van der Waals surface area contributed by atoms with E-state index in [0.717, 1.165) is 43.9 Å². The highest BCUT2D eigenvalue weighted by Crippen LogP contribution is 2.32. The molecule has 0 spiro atoms. The smallest absolute Gasteiger partial charge is 0.0693 e. The van der Waals surface area contributed by atoms with Crippen LogP contribution in [0.3, 0.4) is 0 Å². The third kappa shape index (κ3) is 5.18. The number of ether oxygens (including phenoxy) is 1. The molecule has 0 aromatic heterocycles. The molecule has 1 aliphatic heterocycles. The number of aliphatic hydroxyl groups is 1. The minimum atomic E-state index is -0.101. The first-order chi connectivity index (χ1) is 12.3. The van der Waals surface area contributed by atoms with Crippen LogP contribution >= 0.6 is 0 Å². The highest BCUT2D eigenvalue weighted by molar-refractivity contribution is 4.89. The summed E-state index contributed by atoms with van der Waals surface area (Å²) in [5, 5.41) is 13.8. The monoisotopic (exact) mass is 350 g/mol. The number of rotatable bonds is 7. The van der Waals surface area contributed by atoms with Gasteiger partial charge in [0.2, 0.25) is 0 Å². The maximum atomic E-state index is 10.0. The second-order valence-electron chi connectivity index (χ2n) is 9.24. The minimum Gasteiger partial charge on any atom is -0.392 e. The Morgan fingerprint density at radius 2 is 1.44 bits per heavy atom. The normalized spacial score (nSPS) is 38.3. The number of nitrogens with one attached hydrogen (secondary N) is 1. The van der Waals surface area contributed by atoms with Crippen LogP contribution in [0.1, 0.15) is 70.6 Å². The van der Waals surface area contributed by atoms with E-state index in [1.54, 1.807) is 0 Å². The van der Waals surface area contributed by atoms with Gasteiger partial charge in [0.15, 0.2) is 0 Å². The maximum Gasteiger partial charge on any atom is 0.0693 e. The fraction of sp³-hybridized carbons (Fsp3) is 1.00. The molecule has 144 valence electrons. The number of aliphatic hydroxyl groups excluding tert-OH is 1. The molecular formula is C21H38N2O2. The lowest BCUT2D eigenvalue weighted by Crippen LogP contribution is -2.51. The van der Waals surface area contributed by atoms with E-state index in [-0.39, 0.29) is 6.10 Å². The van der Waals surface area contributed by atoms with Crippen LogP contribution in [0.25, 0.3) is 0 Å². The van der Waals surface area contributed by atoms with Crippen molar-refractivity contribution in [3.8, 4) is 0 Å². The highest BCUT2D eigenvalue weighted by Gasteiger charge is 2.32. The summed E-state index contributed by atoms with van der Waals surface area (Å²) in [6, 6.07) is 1.81. The molecule has 4 fully saturated rings. The first-order valence-electron chi connectivity index (χ1n) is 11.0. The molecule has 0 amide bonds. The number of likely N-dealkylation sites (tertiary alicyclic amines) is 1. The summed E-state index contributed by atoms with van der Waals surface area (Å²) in [6.07, 6.45) is 14.0. The second-order valence-corrected chi connectivity index (χ2v) is 9.24. The van der Waals surface area contributed by atoms with Crippen molar-refractivity contribution in [2.75, 3.05) is 26.3 Å². The first-order valence-corrected chi connectivity index (χ1v) is 11.0. The zero-order chi connectivity index (χ0) is 17.1. The molecule has 4 heteroatoms. The topological polar surface area (TPSA) is 44.7 Å². The molecule has 3 saturated carbocycles. The van der Waals surface area contributed by atoms with Gasteiger partial charge in [-0.15, -0.1) is 0 Å². The molecular weight excluding hydrogens is 312 g/mol. The Morgan fingerprint density at radius 3 is 2.00 bits per heavy atom. The van der Waals surface area contributed by atoms with Gasteiger partial charge in [-0.25, -0.2) is 0 Å².